The summed E-state index contributed by atoms with van der Waals surface area (Å²) in [6.07, 6.45) is 4.23. The summed E-state index contributed by atoms with van der Waals surface area (Å²) in [7, 11) is 0. The largest absolute Gasteiger partial charge is 0.482 e. The van der Waals surface area contributed by atoms with Gasteiger partial charge in [-0.1, -0.05) is 6.08 Å². The van der Waals surface area contributed by atoms with Crippen molar-refractivity contribution >= 4 is 17.6 Å². The molecule has 14 heavy (non-hydrogen) atoms. The first kappa shape index (κ1) is 11.1. The van der Waals surface area contributed by atoms with Crippen LogP contribution in [0.3, 0.4) is 0 Å². The lowest BCUT2D eigenvalue weighted by atomic mass is 9.95. The van der Waals surface area contributed by atoms with Crippen LogP contribution < -0.4 is 0 Å². The van der Waals surface area contributed by atoms with Crippen molar-refractivity contribution < 1.29 is 14.6 Å². The maximum absolute atomic E-state index is 10.3. The quantitative estimate of drug-likeness (QED) is 0.737. The molecule has 0 radical (unpaired) electrons. The van der Waals surface area contributed by atoms with Gasteiger partial charge in [0, 0.05) is 0 Å². The Labute approximate surface area is 88.0 Å². The molecule has 0 fully saturated rings. The number of hydrogen-bond donors (Lipinski definition) is 1. The van der Waals surface area contributed by atoms with Crippen LogP contribution in [0.2, 0.25) is 0 Å². The van der Waals surface area contributed by atoms with Crippen LogP contribution in [-0.4, -0.2) is 22.6 Å². The Morgan fingerprint density at radius 2 is 2.43 bits per heavy atom. The number of halogens is 1. The summed E-state index contributed by atoms with van der Waals surface area (Å²) in [5, 5.41) is 8.44. The SMILES string of the molecule is CC1=C(OCC(=O)O)C=CC(C)(Cl)C1. The summed E-state index contributed by atoms with van der Waals surface area (Å²) in [5.41, 5.74) is 0.978. The number of ether oxygens (including phenoxy) is 1. The summed E-state index contributed by atoms with van der Waals surface area (Å²) < 4.78 is 5.08. The summed E-state index contributed by atoms with van der Waals surface area (Å²) in [5.74, 6) is -0.358. The number of allylic oxidation sites excluding steroid dienone is 3. The van der Waals surface area contributed by atoms with E-state index in [4.69, 9.17) is 21.4 Å². The average molecular weight is 217 g/mol. The van der Waals surface area contributed by atoms with E-state index in [9.17, 15) is 4.79 Å². The van der Waals surface area contributed by atoms with Gasteiger partial charge in [0.15, 0.2) is 6.61 Å². The predicted molar refractivity (Wildman–Crippen MR) is 54.3 cm³/mol. The molecule has 3 nitrogen and oxygen atoms in total. The Kier molecular flexibility index (Phi) is 3.21. The highest BCUT2D eigenvalue weighted by molar-refractivity contribution is 6.25. The molecule has 1 rings (SSSR count). The molecule has 0 heterocycles. The molecule has 1 aliphatic carbocycles. The van der Waals surface area contributed by atoms with Gasteiger partial charge >= 0.3 is 5.97 Å². The van der Waals surface area contributed by atoms with Gasteiger partial charge in [-0.3, -0.25) is 0 Å². The van der Waals surface area contributed by atoms with E-state index in [1.807, 2.05) is 19.9 Å². The first-order valence-electron chi connectivity index (χ1n) is 4.33. The summed E-state index contributed by atoms with van der Waals surface area (Å²) in [6.45, 7) is 3.49. The number of hydrogen-bond acceptors (Lipinski definition) is 2. The van der Waals surface area contributed by atoms with Crippen molar-refractivity contribution in [1.82, 2.24) is 0 Å². The zero-order chi connectivity index (χ0) is 10.8. The van der Waals surface area contributed by atoms with Gasteiger partial charge in [0.2, 0.25) is 0 Å². The molecule has 1 atom stereocenters. The molecule has 78 valence electrons. The number of carbonyl (C=O) groups is 1. The molecule has 1 aliphatic rings. The van der Waals surface area contributed by atoms with Gasteiger partial charge in [0.1, 0.15) is 5.76 Å². The number of alkyl halides is 1. The number of carboxylic acid groups (broad SMARTS) is 1. The van der Waals surface area contributed by atoms with Crippen LogP contribution in [0.5, 0.6) is 0 Å². The van der Waals surface area contributed by atoms with Crippen molar-refractivity contribution in [3.63, 3.8) is 0 Å². The van der Waals surface area contributed by atoms with E-state index in [1.165, 1.54) is 0 Å². The third kappa shape index (κ3) is 3.07. The highest BCUT2D eigenvalue weighted by atomic mass is 35.5. The van der Waals surface area contributed by atoms with Gasteiger partial charge in [-0.05, 0) is 31.9 Å². The van der Waals surface area contributed by atoms with Gasteiger partial charge in [0.25, 0.3) is 0 Å². The van der Waals surface area contributed by atoms with Crippen molar-refractivity contribution in [2.75, 3.05) is 6.61 Å². The first-order valence-corrected chi connectivity index (χ1v) is 4.71. The first-order chi connectivity index (χ1) is 6.41. The summed E-state index contributed by atoms with van der Waals surface area (Å²) >= 11 is 6.10. The Morgan fingerprint density at radius 1 is 1.79 bits per heavy atom. The van der Waals surface area contributed by atoms with Crippen LogP contribution in [-0.2, 0) is 9.53 Å². The molecular formula is C10H13ClO3. The molecule has 0 saturated heterocycles. The highest BCUT2D eigenvalue weighted by Gasteiger charge is 2.23. The van der Waals surface area contributed by atoms with Crippen LogP contribution in [0.1, 0.15) is 20.3 Å². The van der Waals surface area contributed by atoms with E-state index in [-0.39, 0.29) is 11.5 Å². The molecule has 0 aliphatic heterocycles. The third-order valence-electron chi connectivity index (χ3n) is 1.96. The molecule has 0 aromatic heterocycles. The van der Waals surface area contributed by atoms with Crippen molar-refractivity contribution in [3.8, 4) is 0 Å². The van der Waals surface area contributed by atoms with E-state index >= 15 is 0 Å². The second kappa shape index (κ2) is 4.05. The predicted octanol–water partition coefficient (Wildman–Crippen LogP) is 2.32. The number of rotatable bonds is 3. The second-order valence-electron chi connectivity index (χ2n) is 3.62. The minimum absolute atomic E-state index is 0.310. The molecule has 0 saturated carbocycles. The van der Waals surface area contributed by atoms with Gasteiger partial charge in [-0.25, -0.2) is 4.79 Å². The fourth-order valence-electron chi connectivity index (χ4n) is 1.37. The highest BCUT2D eigenvalue weighted by Crippen LogP contribution is 2.31. The standard InChI is InChI=1S/C10H13ClO3/c1-7-5-10(2,11)4-3-8(7)14-6-9(12)13/h3-4H,5-6H2,1-2H3,(H,12,13). The molecule has 0 bridgehead atoms. The van der Waals surface area contributed by atoms with Crippen LogP contribution in [0.25, 0.3) is 0 Å². The molecule has 0 amide bonds. The van der Waals surface area contributed by atoms with Gasteiger partial charge in [-0.2, -0.15) is 0 Å². The van der Waals surface area contributed by atoms with E-state index in [0.29, 0.717) is 12.2 Å². The Bertz CT molecular complexity index is 302. The second-order valence-corrected chi connectivity index (χ2v) is 4.48. The van der Waals surface area contributed by atoms with Crippen molar-refractivity contribution in [2.45, 2.75) is 25.1 Å². The van der Waals surface area contributed by atoms with Crippen LogP contribution >= 0.6 is 11.6 Å². The lowest BCUT2D eigenvalue weighted by Gasteiger charge is -2.23. The smallest absolute Gasteiger partial charge is 0.341 e. The van der Waals surface area contributed by atoms with E-state index in [0.717, 1.165) is 5.57 Å². The Balaban J connectivity index is 2.63. The molecule has 0 aromatic rings. The summed E-state index contributed by atoms with van der Waals surface area (Å²) in [4.78, 5) is 9.90. The van der Waals surface area contributed by atoms with Gasteiger partial charge in [0.05, 0.1) is 4.87 Å². The monoisotopic (exact) mass is 216 g/mol. The van der Waals surface area contributed by atoms with E-state index in [2.05, 4.69) is 0 Å². The molecule has 0 aromatic carbocycles. The lowest BCUT2D eigenvalue weighted by molar-refractivity contribution is -0.140. The van der Waals surface area contributed by atoms with Crippen LogP contribution in [0, 0.1) is 0 Å². The van der Waals surface area contributed by atoms with Crippen LogP contribution in [0.15, 0.2) is 23.5 Å². The third-order valence-corrected chi connectivity index (χ3v) is 2.22. The maximum Gasteiger partial charge on any atom is 0.341 e. The van der Waals surface area contributed by atoms with Crippen molar-refractivity contribution in [1.29, 1.82) is 0 Å². The van der Waals surface area contributed by atoms with Crippen molar-refractivity contribution in [2.24, 2.45) is 0 Å². The van der Waals surface area contributed by atoms with Gasteiger partial charge < -0.3 is 9.84 Å². The fraction of sp³-hybridized carbons (Fsp3) is 0.500. The Hall–Kier alpha value is -0.960. The van der Waals surface area contributed by atoms with E-state index < -0.39 is 5.97 Å². The zero-order valence-corrected chi connectivity index (χ0v) is 8.97. The number of carboxylic acids is 1. The number of aliphatic carboxylic acids is 1. The summed E-state index contributed by atoms with van der Waals surface area (Å²) in [6, 6.07) is 0. The minimum Gasteiger partial charge on any atom is -0.482 e. The average Bonchev–Trinajstić information content (AvgIpc) is 2.00. The van der Waals surface area contributed by atoms with Crippen molar-refractivity contribution in [3.05, 3.63) is 23.5 Å². The van der Waals surface area contributed by atoms with E-state index in [1.54, 1.807) is 6.08 Å². The molecule has 1 unspecified atom stereocenters. The zero-order valence-electron chi connectivity index (χ0n) is 8.21. The van der Waals surface area contributed by atoms with Gasteiger partial charge in [-0.15, -0.1) is 11.6 Å². The lowest BCUT2D eigenvalue weighted by Crippen LogP contribution is -2.18. The molecular weight excluding hydrogens is 204 g/mol. The normalized spacial score (nSPS) is 26.5. The maximum atomic E-state index is 10.3. The fourth-order valence-corrected chi connectivity index (χ4v) is 1.63. The Morgan fingerprint density at radius 3 is 2.93 bits per heavy atom. The molecule has 0 spiro atoms. The molecule has 4 heteroatoms. The minimum atomic E-state index is -0.974. The topological polar surface area (TPSA) is 46.5 Å². The van der Waals surface area contributed by atoms with Crippen LogP contribution in [0.4, 0.5) is 0 Å². The molecule has 1 N–H and O–H groups in total.